The molecule has 10 heteroatoms. The molecular weight excluding hydrogens is 396 g/mol. The van der Waals surface area contributed by atoms with E-state index in [0.717, 1.165) is 25.9 Å². The van der Waals surface area contributed by atoms with Crippen molar-refractivity contribution in [2.45, 2.75) is 17.7 Å². The number of piperazine rings is 1. The number of ether oxygens (including phenoxy) is 1. The summed E-state index contributed by atoms with van der Waals surface area (Å²) >= 11 is 0. The molecule has 3 heterocycles. The molecule has 0 atom stereocenters. The lowest BCUT2D eigenvalue weighted by Crippen LogP contribution is -2.52. The number of benzene rings is 1. The van der Waals surface area contributed by atoms with Crippen molar-refractivity contribution in [2.24, 2.45) is 0 Å². The minimum Gasteiger partial charge on any atom is -0.482 e. The monoisotopic (exact) mass is 422 g/mol. The van der Waals surface area contributed by atoms with E-state index in [0.29, 0.717) is 37.6 Å². The van der Waals surface area contributed by atoms with Gasteiger partial charge in [0.25, 0.3) is 5.91 Å². The molecule has 3 aliphatic heterocycles. The lowest BCUT2D eigenvalue weighted by atomic mass is 10.2. The number of amides is 2. The molecule has 9 nitrogen and oxygen atoms in total. The predicted molar refractivity (Wildman–Crippen MR) is 106 cm³/mol. The first-order valence-electron chi connectivity index (χ1n) is 9.90. The van der Waals surface area contributed by atoms with Crippen molar-refractivity contribution < 1.29 is 22.7 Å². The third-order valence-corrected chi connectivity index (χ3v) is 7.62. The molecule has 0 N–H and O–H groups in total. The Balaban J connectivity index is 1.59. The van der Waals surface area contributed by atoms with Crippen molar-refractivity contribution in [2.75, 3.05) is 64.4 Å². The molecule has 0 saturated carbocycles. The number of sulfonamides is 1. The number of carbonyl (C=O) groups excluding carboxylic acids is 2. The van der Waals surface area contributed by atoms with E-state index < -0.39 is 10.0 Å². The van der Waals surface area contributed by atoms with Crippen LogP contribution < -0.4 is 9.64 Å². The van der Waals surface area contributed by atoms with Gasteiger partial charge < -0.3 is 14.5 Å². The van der Waals surface area contributed by atoms with Gasteiger partial charge in [-0.25, -0.2) is 8.42 Å². The Kier molecular flexibility index (Phi) is 5.50. The number of hydrogen-bond donors (Lipinski definition) is 0. The smallest absolute Gasteiger partial charge is 0.265 e. The summed E-state index contributed by atoms with van der Waals surface area (Å²) < 4.78 is 32.7. The molecule has 2 saturated heterocycles. The third-order valence-electron chi connectivity index (χ3n) is 5.73. The first-order chi connectivity index (χ1) is 13.9. The van der Waals surface area contributed by atoms with E-state index in [-0.39, 0.29) is 29.9 Å². The molecule has 158 valence electrons. The van der Waals surface area contributed by atoms with E-state index in [9.17, 15) is 18.0 Å². The first kappa shape index (κ1) is 20.1. The fourth-order valence-corrected chi connectivity index (χ4v) is 5.42. The quantitative estimate of drug-likeness (QED) is 0.677. The molecule has 2 fully saturated rings. The second-order valence-electron chi connectivity index (χ2n) is 7.69. The number of fused-ring (bicyclic) bond motifs is 1. The standard InChI is InChI=1S/C19H26N4O5S/c1-20-8-10-21(11-9-20)18(24)13-23-16-12-15(4-5-17(16)28-14-19(23)25)29(26,27)22-6-2-3-7-22/h4-5,12H,2-3,6-11,13-14H2,1H3. The van der Waals surface area contributed by atoms with Crippen LogP contribution >= 0.6 is 0 Å². The molecule has 3 aliphatic rings. The SMILES string of the molecule is CN1CCN(C(=O)CN2C(=O)COc3ccc(S(=O)(=O)N4CCCC4)cc32)CC1. The molecule has 0 bridgehead atoms. The number of anilines is 1. The zero-order valence-corrected chi connectivity index (χ0v) is 17.4. The summed E-state index contributed by atoms with van der Waals surface area (Å²) in [4.78, 5) is 30.6. The topological polar surface area (TPSA) is 90.5 Å². The maximum absolute atomic E-state index is 12.9. The fourth-order valence-electron chi connectivity index (χ4n) is 3.88. The van der Waals surface area contributed by atoms with E-state index in [4.69, 9.17) is 4.74 Å². The van der Waals surface area contributed by atoms with Crippen LogP contribution in [0.1, 0.15) is 12.8 Å². The van der Waals surface area contributed by atoms with Crippen molar-refractivity contribution in [1.82, 2.24) is 14.1 Å². The van der Waals surface area contributed by atoms with E-state index in [1.54, 1.807) is 11.0 Å². The van der Waals surface area contributed by atoms with Crippen LogP contribution in [-0.4, -0.2) is 93.8 Å². The average Bonchev–Trinajstić information content (AvgIpc) is 3.26. The molecule has 0 aromatic heterocycles. The average molecular weight is 423 g/mol. The van der Waals surface area contributed by atoms with Gasteiger partial charge in [-0.1, -0.05) is 0 Å². The maximum Gasteiger partial charge on any atom is 0.265 e. The van der Waals surface area contributed by atoms with E-state index >= 15 is 0 Å². The number of carbonyl (C=O) groups is 2. The Morgan fingerprint density at radius 3 is 2.45 bits per heavy atom. The van der Waals surface area contributed by atoms with Crippen molar-refractivity contribution >= 4 is 27.5 Å². The second kappa shape index (κ2) is 7.92. The van der Waals surface area contributed by atoms with Crippen molar-refractivity contribution in [1.29, 1.82) is 0 Å². The minimum absolute atomic E-state index is 0.119. The van der Waals surface area contributed by atoms with Crippen molar-refractivity contribution in [3.8, 4) is 5.75 Å². The molecular formula is C19H26N4O5S. The molecule has 2 amide bonds. The maximum atomic E-state index is 12.9. The number of nitrogens with zero attached hydrogens (tertiary/aromatic N) is 4. The van der Waals surface area contributed by atoms with Crippen LogP contribution in [0.5, 0.6) is 5.75 Å². The van der Waals surface area contributed by atoms with Crippen LogP contribution in [0.3, 0.4) is 0 Å². The molecule has 0 aliphatic carbocycles. The van der Waals surface area contributed by atoms with Crippen LogP contribution in [0.25, 0.3) is 0 Å². The lowest BCUT2D eigenvalue weighted by molar-refractivity contribution is -0.133. The number of rotatable bonds is 4. The predicted octanol–water partition coefficient (Wildman–Crippen LogP) is -0.0295. The fraction of sp³-hybridized carbons (Fsp3) is 0.579. The van der Waals surface area contributed by atoms with Crippen LogP contribution in [0.2, 0.25) is 0 Å². The molecule has 1 aromatic rings. The molecule has 0 radical (unpaired) electrons. The summed E-state index contributed by atoms with van der Waals surface area (Å²) in [5.41, 5.74) is 0.337. The van der Waals surface area contributed by atoms with Gasteiger partial charge in [-0.15, -0.1) is 0 Å². The van der Waals surface area contributed by atoms with Crippen LogP contribution in [0, 0.1) is 0 Å². The zero-order valence-electron chi connectivity index (χ0n) is 16.5. The van der Waals surface area contributed by atoms with Crippen LogP contribution in [-0.2, 0) is 19.6 Å². The molecule has 4 rings (SSSR count). The van der Waals surface area contributed by atoms with Crippen LogP contribution in [0.4, 0.5) is 5.69 Å². The summed E-state index contributed by atoms with van der Waals surface area (Å²) in [7, 11) is -1.62. The Morgan fingerprint density at radius 1 is 1.07 bits per heavy atom. The highest BCUT2D eigenvalue weighted by Gasteiger charge is 2.33. The normalized spacial score (nSPS) is 21.2. The Morgan fingerprint density at radius 2 is 1.76 bits per heavy atom. The van der Waals surface area contributed by atoms with E-state index in [2.05, 4.69) is 4.90 Å². The molecule has 0 unspecified atom stereocenters. The Hall–Kier alpha value is -2.17. The summed E-state index contributed by atoms with van der Waals surface area (Å²) in [6, 6.07) is 4.53. The molecule has 0 spiro atoms. The highest BCUT2D eigenvalue weighted by Crippen LogP contribution is 2.35. The summed E-state index contributed by atoms with van der Waals surface area (Å²) in [6.45, 7) is 3.53. The van der Waals surface area contributed by atoms with Gasteiger partial charge in [-0.05, 0) is 38.1 Å². The molecule has 29 heavy (non-hydrogen) atoms. The Labute approximate surface area is 170 Å². The van der Waals surface area contributed by atoms with Gasteiger partial charge in [0.15, 0.2) is 6.61 Å². The van der Waals surface area contributed by atoms with Gasteiger partial charge in [-0.3, -0.25) is 14.5 Å². The van der Waals surface area contributed by atoms with Crippen LogP contribution in [0.15, 0.2) is 23.1 Å². The van der Waals surface area contributed by atoms with Gasteiger partial charge in [0.1, 0.15) is 12.3 Å². The minimum atomic E-state index is -3.63. The largest absolute Gasteiger partial charge is 0.482 e. The van der Waals surface area contributed by atoms with E-state index in [1.165, 1.54) is 21.3 Å². The summed E-state index contributed by atoms with van der Waals surface area (Å²) in [5, 5.41) is 0. The highest BCUT2D eigenvalue weighted by atomic mass is 32.2. The van der Waals surface area contributed by atoms with Gasteiger partial charge in [-0.2, -0.15) is 4.31 Å². The third kappa shape index (κ3) is 3.96. The van der Waals surface area contributed by atoms with E-state index in [1.807, 2.05) is 7.05 Å². The van der Waals surface area contributed by atoms with Crippen molar-refractivity contribution in [3.63, 3.8) is 0 Å². The van der Waals surface area contributed by atoms with Crippen molar-refractivity contribution in [3.05, 3.63) is 18.2 Å². The Bertz CT molecular complexity index is 905. The highest BCUT2D eigenvalue weighted by molar-refractivity contribution is 7.89. The van der Waals surface area contributed by atoms with Gasteiger partial charge >= 0.3 is 0 Å². The number of likely N-dealkylation sites (N-methyl/N-ethyl adjacent to an activating group) is 1. The zero-order chi connectivity index (χ0) is 20.6. The summed E-state index contributed by atoms with van der Waals surface area (Å²) in [5.74, 6) is -0.0843. The molecule has 1 aromatic carbocycles. The van der Waals surface area contributed by atoms with Gasteiger partial charge in [0, 0.05) is 39.3 Å². The van der Waals surface area contributed by atoms with Gasteiger partial charge in [0.05, 0.1) is 10.6 Å². The van der Waals surface area contributed by atoms with Gasteiger partial charge in [0.2, 0.25) is 15.9 Å². The first-order valence-corrected chi connectivity index (χ1v) is 11.3. The number of hydrogen-bond acceptors (Lipinski definition) is 6. The second-order valence-corrected chi connectivity index (χ2v) is 9.63. The summed E-state index contributed by atoms with van der Waals surface area (Å²) in [6.07, 6.45) is 1.69. The lowest BCUT2D eigenvalue weighted by Gasteiger charge is -2.35.